The SMILES string of the molecule is CNC(=O)c1cccc(-n2ccnc2-c2ccc(Cl)s2)c1. The van der Waals surface area contributed by atoms with Crippen LogP contribution in [0.2, 0.25) is 4.34 Å². The molecule has 2 aromatic heterocycles. The number of imidazole rings is 1. The van der Waals surface area contributed by atoms with Crippen molar-refractivity contribution < 1.29 is 4.79 Å². The van der Waals surface area contributed by atoms with Crippen LogP contribution in [0.1, 0.15) is 10.4 Å². The predicted octanol–water partition coefficient (Wildman–Crippen LogP) is 3.61. The van der Waals surface area contributed by atoms with Gasteiger partial charge in [-0.1, -0.05) is 17.7 Å². The van der Waals surface area contributed by atoms with Gasteiger partial charge in [0.1, 0.15) is 0 Å². The van der Waals surface area contributed by atoms with E-state index in [1.54, 1.807) is 19.3 Å². The van der Waals surface area contributed by atoms with E-state index >= 15 is 0 Å². The third-order valence-corrected chi connectivity index (χ3v) is 4.28. The van der Waals surface area contributed by atoms with Crippen molar-refractivity contribution in [2.45, 2.75) is 0 Å². The minimum Gasteiger partial charge on any atom is -0.355 e. The molecule has 1 N–H and O–H groups in total. The molecule has 21 heavy (non-hydrogen) atoms. The molecular formula is C15H12ClN3OS. The van der Waals surface area contributed by atoms with Crippen LogP contribution in [0.15, 0.2) is 48.8 Å². The van der Waals surface area contributed by atoms with Gasteiger partial charge in [-0.25, -0.2) is 4.98 Å². The van der Waals surface area contributed by atoms with Gasteiger partial charge in [-0.15, -0.1) is 11.3 Å². The molecule has 0 atom stereocenters. The van der Waals surface area contributed by atoms with Crippen molar-refractivity contribution >= 4 is 28.8 Å². The summed E-state index contributed by atoms with van der Waals surface area (Å²) in [7, 11) is 1.62. The monoisotopic (exact) mass is 317 g/mol. The maximum Gasteiger partial charge on any atom is 0.251 e. The van der Waals surface area contributed by atoms with Crippen LogP contribution in [-0.2, 0) is 0 Å². The normalized spacial score (nSPS) is 10.6. The van der Waals surface area contributed by atoms with Crippen LogP contribution in [0.4, 0.5) is 0 Å². The van der Waals surface area contributed by atoms with E-state index in [4.69, 9.17) is 11.6 Å². The minimum absolute atomic E-state index is 0.113. The molecule has 0 bridgehead atoms. The van der Waals surface area contributed by atoms with Gasteiger partial charge in [-0.05, 0) is 30.3 Å². The highest BCUT2D eigenvalue weighted by atomic mass is 35.5. The first-order valence-corrected chi connectivity index (χ1v) is 7.50. The van der Waals surface area contributed by atoms with Crippen LogP contribution in [0, 0.1) is 0 Å². The van der Waals surface area contributed by atoms with Crippen molar-refractivity contribution in [1.82, 2.24) is 14.9 Å². The van der Waals surface area contributed by atoms with Gasteiger partial charge in [0.25, 0.3) is 5.91 Å². The molecule has 3 aromatic rings. The first-order valence-electron chi connectivity index (χ1n) is 6.30. The van der Waals surface area contributed by atoms with Gasteiger partial charge in [-0.2, -0.15) is 0 Å². The summed E-state index contributed by atoms with van der Waals surface area (Å²) in [5.74, 6) is 0.693. The maximum absolute atomic E-state index is 11.7. The van der Waals surface area contributed by atoms with Gasteiger partial charge in [0.05, 0.1) is 9.21 Å². The van der Waals surface area contributed by atoms with E-state index in [-0.39, 0.29) is 5.91 Å². The van der Waals surface area contributed by atoms with Crippen molar-refractivity contribution in [3.63, 3.8) is 0 Å². The Bertz CT molecular complexity index is 794. The number of hydrogen-bond donors (Lipinski definition) is 1. The molecule has 0 saturated heterocycles. The molecule has 4 nitrogen and oxygen atoms in total. The molecule has 0 saturated carbocycles. The lowest BCUT2D eigenvalue weighted by Crippen LogP contribution is -2.17. The third-order valence-electron chi connectivity index (χ3n) is 3.05. The van der Waals surface area contributed by atoms with Crippen molar-refractivity contribution in [2.75, 3.05) is 7.05 Å². The van der Waals surface area contributed by atoms with E-state index in [9.17, 15) is 4.79 Å². The molecule has 0 aliphatic carbocycles. The second-order valence-electron chi connectivity index (χ2n) is 4.35. The average Bonchev–Trinajstić information content (AvgIpc) is 3.15. The Labute approximate surface area is 131 Å². The number of carbonyl (C=O) groups is 1. The Kier molecular flexibility index (Phi) is 3.77. The molecule has 0 aliphatic rings. The number of nitrogens with zero attached hydrogens (tertiary/aromatic N) is 2. The highest BCUT2D eigenvalue weighted by Gasteiger charge is 2.11. The number of halogens is 1. The number of aromatic nitrogens is 2. The van der Waals surface area contributed by atoms with Gasteiger partial charge in [0.2, 0.25) is 0 Å². The van der Waals surface area contributed by atoms with Crippen LogP contribution in [-0.4, -0.2) is 22.5 Å². The standard InChI is InChI=1S/C15H12ClN3OS/c1-17-15(20)10-3-2-4-11(9-10)19-8-7-18-14(19)12-5-6-13(16)21-12/h2-9H,1H3,(H,17,20). The third kappa shape index (κ3) is 2.70. The van der Waals surface area contributed by atoms with Crippen LogP contribution >= 0.6 is 22.9 Å². The summed E-state index contributed by atoms with van der Waals surface area (Å²) in [4.78, 5) is 17.1. The van der Waals surface area contributed by atoms with Gasteiger partial charge in [-0.3, -0.25) is 9.36 Å². The summed E-state index contributed by atoms with van der Waals surface area (Å²) < 4.78 is 2.66. The van der Waals surface area contributed by atoms with E-state index < -0.39 is 0 Å². The lowest BCUT2D eigenvalue weighted by atomic mass is 10.2. The number of carbonyl (C=O) groups excluding carboxylic acids is 1. The van der Waals surface area contributed by atoms with Gasteiger partial charge >= 0.3 is 0 Å². The summed E-state index contributed by atoms with van der Waals surface area (Å²) >= 11 is 7.46. The van der Waals surface area contributed by atoms with Crippen LogP contribution in [0.5, 0.6) is 0 Å². The van der Waals surface area contributed by atoms with Crippen molar-refractivity contribution in [2.24, 2.45) is 0 Å². The van der Waals surface area contributed by atoms with Gasteiger partial charge < -0.3 is 5.32 Å². The van der Waals surface area contributed by atoms with E-state index in [0.717, 1.165) is 20.7 Å². The molecule has 2 heterocycles. The van der Waals surface area contributed by atoms with Crippen LogP contribution in [0.3, 0.4) is 0 Å². The smallest absolute Gasteiger partial charge is 0.251 e. The number of amides is 1. The summed E-state index contributed by atoms with van der Waals surface area (Å²) in [6.45, 7) is 0. The molecule has 0 spiro atoms. The fourth-order valence-corrected chi connectivity index (χ4v) is 3.11. The number of benzene rings is 1. The van der Waals surface area contributed by atoms with Crippen molar-refractivity contribution in [1.29, 1.82) is 0 Å². The first kappa shape index (κ1) is 13.9. The summed E-state index contributed by atoms with van der Waals surface area (Å²) in [6.07, 6.45) is 3.60. The molecular weight excluding hydrogens is 306 g/mol. The molecule has 6 heteroatoms. The molecule has 1 amide bonds. The molecule has 3 rings (SSSR count). The Morgan fingerprint density at radius 2 is 2.19 bits per heavy atom. The molecule has 106 valence electrons. The van der Waals surface area contributed by atoms with E-state index in [1.807, 2.05) is 41.1 Å². The number of rotatable bonds is 3. The van der Waals surface area contributed by atoms with E-state index in [2.05, 4.69) is 10.3 Å². The zero-order valence-corrected chi connectivity index (χ0v) is 12.8. The minimum atomic E-state index is -0.113. The zero-order chi connectivity index (χ0) is 14.8. The maximum atomic E-state index is 11.7. The number of nitrogens with one attached hydrogen (secondary N) is 1. The topological polar surface area (TPSA) is 46.9 Å². The van der Waals surface area contributed by atoms with Crippen LogP contribution in [0.25, 0.3) is 16.4 Å². The van der Waals surface area contributed by atoms with Gasteiger partial charge in [0.15, 0.2) is 5.82 Å². The van der Waals surface area contributed by atoms with E-state index in [1.165, 1.54) is 11.3 Å². The van der Waals surface area contributed by atoms with Gasteiger partial charge in [0, 0.05) is 30.7 Å². The highest BCUT2D eigenvalue weighted by molar-refractivity contribution is 7.19. The van der Waals surface area contributed by atoms with E-state index in [0.29, 0.717) is 5.56 Å². The summed E-state index contributed by atoms with van der Waals surface area (Å²) in [5, 5.41) is 2.62. The molecule has 0 aliphatic heterocycles. The fraction of sp³-hybridized carbons (Fsp3) is 0.0667. The Hall–Kier alpha value is -2.11. The number of hydrogen-bond acceptors (Lipinski definition) is 3. The second-order valence-corrected chi connectivity index (χ2v) is 6.07. The largest absolute Gasteiger partial charge is 0.355 e. The Balaban J connectivity index is 2.06. The summed E-state index contributed by atoms with van der Waals surface area (Å²) in [5.41, 5.74) is 1.49. The highest BCUT2D eigenvalue weighted by Crippen LogP contribution is 2.31. The van der Waals surface area contributed by atoms with Crippen LogP contribution < -0.4 is 5.32 Å². The molecule has 0 radical (unpaired) electrons. The molecule has 0 unspecified atom stereocenters. The quantitative estimate of drug-likeness (QED) is 0.802. The molecule has 0 fully saturated rings. The zero-order valence-electron chi connectivity index (χ0n) is 11.2. The number of thiophene rings is 1. The van der Waals surface area contributed by atoms with Crippen molar-refractivity contribution in [3.8, 4) is 16.4 Å². The fourth-order valence-electron chi connectivity index (χ4n) is 2.07. The molecule has 1 aromatic carbocycles. The Morgan fingerprint density at radius 3 is 2.90 bits per heavy atom. The predicted molar refractivity (Wildman–Crippen MR) is 85.3 cm³/mol. The Morgan fingerprint density at radius 1 is 1.33 bits per heavy atom. The average molecular weight is 318 g/mol. The lowest BCUT2D eigenvalue weighted by Gasteiger charge is -2.08. The first-order chi connectivity index (χ1) is 10.2. The van der Waals surface area contributed by atoms with Crippen molar-refractivity contribution in [3.05, 3.63) is 58.7 Å². The second kappa shape index (κ2) is 5.71. The lowest BCUT2D eigenvalue weighted by molar-refractivity contribution is 0.0963. The summed E-state index contributed by atoms with van der Waals surface area (Å²) in [6, 6.07) is 11.2.